The number of hydrogen-bond acceptors (Lipinski definition) is 10. The molecule has 2 saturated heterocycles. The summed E-state index contributed by atoms with van der Waals surface area (Å²) >= 11 is 5.98. The highest BCUT2D eigenvalue weighted by molar-refractivity contribution is 6.30. The van der Waals surface area contributed by atoms with Crippen LogP contribution in [0.3, 0.4) is 0 Å². The Morgan fingerprint density at radius 2 is 1.65 bits per heavy atom. The highest BCUT2D eigenvalue weighted by Gasteiger charge is 2.21. The van der Waals surface area contributed by atoms with Gasteiger partial charge in [0.1, 0.15) is 6.61 Å². The van der Waals surface area contributed by atoms with Gasteiger partial charge in [0.25, 0.3) is 0 Å². The third kappa shape index (κ3) is 6.58. The minimum Gasteiger partial charge on any atom is -0.493 e. The maximum absolute atomic E-state index is 6.01. The van der Waals surface area contributed by atoms with Crippen LogP contribution in [-0.4, -0.2) is 67.7 Å². The molecule has 37 heavy (non-hydrogen) atoms. The number of nitrogens with zero attached hydrogens (tertiary/aromatic N) is 6. The van der Waals surface area contributed by atoms with Crippen molar-refractivity contribution in [3.05, 3.63) is 58.6 Å². The van der Waals surface area contributed by atoms with Crippen molar-refractivity contribution in [2.24, 2.45) is 5.10 Å². The monoisotopic (exact) mass is 523 g/mol. The molecular weight excluding hydrogens is 494 g/mol. The lowest BCUT2D eigenvalue weighted by Gasteiger charge is -2.27. The molecule has 1 aromatic heterocycles. The fraction of sp³-hybridized carbons (Fsp3) is 0.385. The number of hydrazone groups is 1. The molecule has 0 spiro atoms. The molecule has 11 heteroatoms. The Morgan fingerprint density at radius 1 is 0.946 bits per heavy atom. The van der Waals surface area contributed by atoms with E-state index >= 15 is 0 Å². The molecule has 10 nitrogen and oxygen atoms in total. The van der Waals surface area contributed by atoms with Crippen LogP contribution in [0.4, 0.5) is 17.8 Å². The molecule has 3 heterocycles. The minimum absolute atomic E-state index is 0.390. The van der Waals surface area contributed by atoms with E-state index in [0.29, 0.717) is 54.2 Å². The van der Waals surface area contributed by atoms with Gasteiger partial charge in [0.15, 0.2) is 11.5 Å². The number of ether oxygens (including phenoxy) is 3. The molecule has 2 fully saturated rings. The number of benzene rings is 2. The van der Waals surface area contributed by atoms with Crippen LogP contribution >= 0.6 is 11.6 Å². The van der Waals surface area contributed by atoms with E-state index in [2.05, 4.69) is 30.3 Å². The van der Waals surface area contributed by atoms with Gasteiger partial charge in [0.05, 0.1) is 26.5 Å². The second kappa shape index (κ2) is 12.1. The van der Waals surface area contributed by atoms with Crippen LogP contribution < -0.4 is 24.7 Å². The van der Waals surface area contributed by atoms with Crippen LogP contribution in [0.5, 0.6) is 11.5 Å². The number of nitrogens with one attached hydrogen (secondary N) is 1. The Kier molecular flexibility index (Phi) is 8.17. The summed E-state index contributed by atoms with van der Waals surface area (Å²) in [4.78, 5) is 18.3. The van der Waals surface area contributed by atoms with Gasteiger partial charge >= 0.3 is 0 Å². The van der Waals surface area contributed by atoms with E-state index < -0.39 is 0 Å². The van der Waals surface area contributed by atoms with Gasteiger partial charge in [0, 0.05) is 31.2 Å². The molecule has 3 aromatic rings. The number of anilines is 3. The highest BCUT2D eigenvalue weighted by Crippen LogP contribution is 2.29. The molecule has 0 unspecified atom stereocenters. The molecular formula is C26H30ClN7O3. The lowest BCUT2D eigenvalue weighted by Crippen LogP contribution is -2.38. The molecule has 0 amide bonds. The number of methoxy groups -OCH3 is 1. The van der Waals surface area contributed by atoms with Crippen LogP contribution in [0.25, 0.3) is 0 Å². The van der Waals surface area contributed by atoms with Crippen LogP contribution in [0.1, 0.15) is 24.0 Å². The topological polar surface area (TPSA) is 97.2 Å². The summed E-state index contributed by atoms with van der Waals surface area (Å²) in [6.45, 7) is 5.09. The Hall–Kier alpha value is -3.63. The van der Waals surface area contributed by atoms with E-state index in [1.807, 2.05) is 42.5 Å². The minimum atomic E-state index is 0.390. The predicted molar refractivity (Wildman–Crippen MR) is 144 cm³/mol. The molecule has 1 N–H and O–H groups in total. The summed E-state index contributed by atoms with van der Waals surface area (Å²) in [5, 5.41) is 5.08. The fourth-order valence-corrected chi connectivity index (χ4v) is 4.29. The molecule has 2 aliphatic rings. The number of aromatic nitrogens is 3. The zero-order valence-electron chi connectivity index (χ0n) is 20.8. The SMILES string of the molecule is COc1ccc(/C=N/Nc2nc(N3CCCC3)nc(N3CCOCC3)n2)cc1OCc1ccc(Cl)cc1. The predicted octanol–water partition coefficient (Wildman–Crippen LogP) is 4.00. The zero-order valence-corrected chi connectivity index (χ0v) is 21.5. The van der Waals surface area contributed by atoms with Gasteiger partial charge in [-0.05, 0) is 54.3 Å². The summed E-state index contributed by atoms with van der Waals surface area (Å²) in [5.74, 6) is 2.98. The first-order valence-electron chi connectivity index (χ1n) is 12.4. The third-order valence-electron chi connectivity index (χ3n) is 6.17. The molecule has 2 aliphatic heterocycles. The summed E-state index contributed by atoms with van der Waals surface area (Å²) in [6.07, 6.45) is 3.97. The van der Waals surface area contributed by atoms with Gasteiger partial charge in [0.2, 0.25) is 17.8 Å². The van der Waals surface area contributed by atoms with E-state index in [-0.39, 0.29) is 0 Å². The first kappa shape index (κ1) is 25.0. The first-order valence-corrected chi connectivity index (χ1v) is 12.7. The van der Waals surface area contributed by atoms with Crippen LogP contribution in [0, 0.1) is 0 Å². The van der Waals surface area contributed by atoms with Gasteiger partial charge < -0.3 is 24.0 Å². The quantitative estimate of drug-likeness (QED) is 0.329. The van der Waals surface area contributed by atoms with Crippen molar-refractivity contribution < 1.29 is 14.2 Å². The molecule has 194 valence electrons. The van der Waals surface area contributed by atoms with Gasteiger partial charge in [-0.25, -0.2) is 5.43 Å². The van der Waals surface area contributed by atoms with E-state index in [1.54, 1.807) is 13.3 Å². The van der Waals surface area contributed by atoms with Crippen molar-refractivity contribution in [2.75, 3.05) is 61.7 Å². The smallest absolute Gasteiger partial charge is 0.250 e. The van der Waals surface area contributed by atoms with Crippen LogP contribution in [0.2, 0.25) is 5.02 Å². The van der Waals surface area contributed by atoms with Crippen LogP contribution in [-0.2, 0) is 11.3 Å². The van der Waals surface area contributed by atoms with E-state index in [1.165, 1.54) is 0 Å². The fourth-order valence-electron chi connectivity index (χ4n) is 4.16. The second-order valence-electron chi connectivity index (χ2n) is 8.75. The van der Waals surface area contributed by atoms with Crippen LogP contribution in [0.15, 0.2) is 47.6 Å². The van der Waals surface area contributed by atoms with Gasteiger partial charge in [-0.3, -0.25) is 0 Å². The maximum Gasteiger partial charge on any atom is 0.250 e. The largest absolute Gasteiger partial charge is 0.493 e. The third-order valence-corrected chi connectivity index (χ3v) is 6.42. The first-order chi connectivity index (χ1) is 18.2. The van der Waals surface area contributed by atoms with Crippen molar-refractivity contribution in [2.45, 2.75) is 19.4 Å². The molecule has 2 aromatic carbocycles. The molecule has 0 atom stereocenters. The standard InChI is InChI=1S/C26H30ClN7O3/c1-35-22-9-6-20(16-23(22)37-18-19-4-7-21(27)8-5-19)17-28-32-24-29-25(33-10-2-3-11-33)31-26(30-24)34-12-14-36-15-13-34/h4-9,16-17H,2-3,10-15,18H2,1H3,(H,29,30,31,32)/b28-17+. The molecule has 0 saturated carbocycles. The van der Waals surface area contributed by atoms with Gasteiger partial charge in [-0.1, -0.05) is 23.7 Å². The Balaban J connectivity index is 1.30. The molecule has 0 radical (unpaired) electrons. The number of hydrogen-bond donors (Lipinski definition) is 1. The molecule has 0 aliphatic carbocycles. The Morgan fingerprint density at radius 3 is 2.35 bits per heavy atom. The van der Waals surface area contributed by atoms with E-state index in [4.69, 9.17) is 30.8 Å². The number of halogens is 1. The summed E-state index contributed by atoms with van der Waals surface area (Å²) in [6, 6.07) is 13.2. The van der Waals surface area contributed by atoms with Gasteiger partial charge in [-0.2, -0.15) is 20.1 Å². The van der Waals surface area contributed by atoms with Crippen molar-refractivity contribution in [1.29, 1.82) is 0 Å². The normalized spacial score (nSPS) is 15.8. The highest BCUT2D eigenvalue weighted by atomic mass is 35.5. The number of rotatable bonds is 9. The average molecular weight is 524 g/mol. The lowest BCUT2D eigenvalue weighted by molar-refractivity contribution is 0.122. The molecule has 5 rings (SSSR count). The van der Waals surface area contributed by atoms with Crippen molar-refractivity contribution >= 4 is 35.7 Å². The van der Waals surface area contributed by atoms with Gasteiger partial charge in [-0.15, -0.1) is 0 Å². The lowest BCUT2D eigenvalue weighted by atomic mass is 10.2. The Labute approximate surface area is 221 Å². The maximum atomic E-state index is 6.01. The zero-order chi connectivity index (χ0) is 25.5. The summed E-state index contributed by atoms with van der Waals surface area (Å²) < 4.78 is 17.0. The van der Waals surface area contributed by atoms with E-state index in [0.717, 1.165) is 50.1 Å². The number of morpholine rings is 1. The average Bonchev–Trinajstić information content (AvgIpc) is 3.49. The molecule has 0 bridgehead atoms. The summed E-state index contributed by atoms with van der Waals surface area (Å²) in [5.41, 5.74) is 4.83. The van der Waals surface area contributed by atoms with Crippen molar-refractivity contribution in [3.63, 3.8) is 0 Å². The Bertz CT molecular complexity index is 1210. The van der Waals surface area contributed by atoms with Crippen molar-refractivity contribution in [3.8, 4) is 11.5 Å². The van der Waals surface area contributed by atoms with Crippen molar-refractivity contribution in [1.82, 2.24) is 15.0 Å². The van der Waals surface area contributed by atoms with E-state index in [9.17, 15) is 0 Å². The summed E-state index contributed by atoms with van der Waals surface area (Å²) in [7, 11) is 1.62. The second-order valence-corrected chi connectivity index (χ2v) is 9.18.